The van der Waals surface area contributed by atoms with E-state index in [0.717, 1.165) is 15.8 Å². The van der Waals surface area contributed by atoms with Gasteiger partial charge in [-0.2, -0.15) is 0 Å². The zero-order chi connectivity index (χ0) is 15.4. The molecule has 6 heteroatoms. The van der Waals surface area contributed by atoms with E-state index in [2.05, 4.69) is 31.9 Å². The highest BCUT2D eigenvalue weighted by molar-refractivity contribution is 9.10. The Morgan fingerprint density at radius 2 is 1.86 bits per heavy atom. The fraction of sp³-hybridized carbons (Fsp3) is 0.133. The molecule has 0 aliphatic carbocycles. The maximum atomic E-state index is 11.0. The smallest absolute Gasteiger partial charge is 0.335 e. The molecule has 2 aromatic carbocycles. The van der Waals surface area contributed by atoms with Crippen LogP contribution in [0.15, 0.2) is 45.3 Å². The molecule has 0 heterocycles. The van der Waals surface area contributed by atoms with Crippen LogP contribution in [0.3, 0.4) is 0 Å². The number of ether oxygens (including phenoxy) is 2. The summed E-state index contributed by atoms with van der Waals surface area (Å²) in [6.07, 6.45) is 0. The average Bonchev–Trinajstić information content (AvgIpc) is 2.47. The summed E-state index contributed by atoms with van der Waals surface area (Å²) in [5.41, 5.74) is 1.08. The fourth-order valence-corrected chi connectivity index (χ4v) is 2.41. The molecule has 0 aromatic heterocycles. The van der Waals surface area contributed by atoms with Crippen molar-refractivity contribution in [1.29, 1.82) is 0 Å². The van der Waals surface area contributed by atoms with Gasteiger partial charge in [-0.15, -0.1) is 0 Å². The van der Waals surface area contributed by atoms with Crippen molar-refractivity contribution in [3.63, 3.8) is 0 Å². The quantitative estimate of drug-likeness (QED) is 0.781. The van der Waals surface area contributed by atoms with Crippen LogP contribution in [0.5, 0.6) is 11.5 Å². The summed E-state index contributed by atoms with van der Waals surface area (Å²) in [5, 5.41) is 9.00. The summed E-state index contributed by atoms with van der Waals surface area (Å²) >= 11 is 6.79. The number of carbonyl (C=O) groups is 1. The lowest BCUT2D eigenvalue weighted by molar-refractivity contribution is 0.0696. The van der Waals surface area contributed by atoms with E-state index in [0.29, 0.717) is 16.8 Å². The van der Waals surface area contributed by atoms with E-state index in [4.69, 9.17) is 14.6 Å². The van der Waals surface area contributed by atoms with Gasteiger partial charge < -0.3 is 14.6 Å². The van der Waals surface area contributed by atoms with Crippen LogP contribution in [0.2, 0.25) is 0 Å². The zero-order valence-corrected chi connectivity index (χ0v) is 14.3. The van der Waals surface area contributed by atoms with Crippen LogP contribution < -0.4 is 9.47 Å². The largest absolute Gasteiger partial charge is 0.497 e. The highest BCUT2D eigenvalue weighted by atomic mass is 79.9. The van der Waals surface area contributed by atoms with Crippen molar-refractivity contribution in [2.24, 2.45) is 0 Å². The van der Waals surface area contributed by atoms with Gasteiger partial charge in [0.15, 0.2) is 0 Å². The van der Waals surface area contributed by atoms with E-state index >= 15 is 0 Å². The third-order valence-corrected chi connectivity index (χ3v) is 4.24. The molecule has 1 N–H and O–H groups in total. The first kappa shape index (κ1) is 15.9. The summed E-state index contributed by atoms with van der Waals surface area (Å²) in [6, 6.07) is 10.2. The van der Waals surface area contributed by atoms with Gasteiger partial charge in [0.05, 0.1) is 17.1 Å². The van der Waals surface area contributed by atoms with Crippen molar-refractivity contribution in [3.8, 4) is 11.5 Å². The number of benzene rings is 2. The Kier molecular flexibility index (Phi) is 5.25. The maximum absolute atomic E-state index is 11.0. The maximum Gasteiger partial charge on any atom is 0.335 e. The molecule has 21 heavy (non-hydrogen) atoms. The lowest BCUT2D eigenvalue weighted by Crippen LogP contribution is -2.01. The molecule has 0 atom stereocenters. The molecular formula is C15H12Br2O4. The second-order valence-corrected chi connectivity index (χ2v) is 5.91. The fourth-order valence-electron chi connectivity index (χ4n) is 1.69. The molecule has 0 amide bonds. The third kappa shape index (κ3) is 3.98. The lowest BCUT2D eigenvalue weighted by atomic mass is 10.2. The summed E-state index contributed by atoms with van der Waals surface area (Å²) in [6.45, 7) is 0.291. The Balaban J connectivity index is 2.20. The minimum Gasteiger partial charge on any atom is -0.497 e. The van der Waals surface area contributed by atoms with Crippen LogP contribution in [0.25, 0.3) is 0 Å². The molecule has 0 bridgehead atoms. The standard InChI is InChI=1S/C15H12Br2O4/c1-20-11-3-5-12(16)10(6-11)8-21-14-7-9(15(18)19)2-4-13(14)17/h2-7H,8H2,1H3,(H,18,19). The first-order valence-corrected chi connectivity index (χ1v) is 7.58. The minimum absolute atomic E-state index is 0.179. The number of carboxylic acid groups (broad SMARTS) is 1. The van der Waals surface area contributed by atoms with E-state index < -0.39 is 5.97 Å². The molecule has 110 valence electrons. The van der Waals surface area contributed by atoms with E-state index in [1.807, 2.05) is 18.2 Å². The van der Waals surface area contributed by atoms with Gasteiger partial charge in [0, 0.05) is 10.0 Å². The highest BCUT2D eigenvalue weighted by Gasteiger charge is 2.09. The van der Waals surface area contributed by atoms with Crippen molar-refractivity contribution in [1.82, 2.24) is 0 Å². The molecule has 4 nitrogen and oxygen atoms in total. The summed E-state index contributed by atoms with van der Waals surface area (Å²) in [5.74, 6) is 0.217. The summed E-state index contributed by atoms with van der Waals surface area (Å²) in [7, 11) is 1.60. The first-order chi connectivity index (χ1) is 10.0. The number of aromatic carboxylic acids is 1. The van der Waals surface area contributed by atoms with Crippen LogP contribution >= 0.6 is 31.9 Å². The van der Waals surface area contributed by atoms with Gasteiger partial charge in [0.2, 0.25) is 0 Å². The van der Waals surface area contributed by atoms with Crippen LogP contribution in [-0.4, -0.2) is 18.2 Å². The molecule has 0 radical (unpaired) electrons. The number of halogens is 2. The van der Waals surface area contributed by atoms with Gasteiger partial charge in [-0.25, -0.2) is 4.79 Å². The van der Waals surface area contributed by atoms with Gasteiger partial charge in [-0.05, 0) is 52.3 Å². The topological polar surface area (TPSA) is 55.8 Å². The molecule has 2 aromatic rings. The highest BCUT2D eigenvalue weighted by Crippen LogP contribution is 2.29. The molecule has 0 saturated heterocycles. The van der Waals surface area contributed by atoms with Crippen LogP contribution in [0, 0.1) is 0 Å². The Hall–Kier alpha value is -1.53. The Bertz CT molecular complexity index is 671. The number of rotatable bonds is 5. The van der Waals surface area contributed by atoms with Gasteiger partial charge in [-0.1, -0.05) is 15.9 Å². The third-order valence-electron chi connectivity index (χ3n) is 2.81. The second kappa shape index (κ2) is 6.95. The molecule has 0 saturated carbocycles. The predicted octanol–water partition coefficient (Wildman–Crippen LogP) is 4.50. The second-order valence-electron chi connectivity index (χ2n) is 4.20. The number of carboxylic acids is 1. The van der Waals surface area contributed by atoms with Crippen molar-refractivity contribution in [2.45, 2.75) is 6.61 Å². The lowest BCUT2D eigenvalue weighted by Gasteiger charge is -2.11. The normalized spacial score (nSPS) is 10.2. The van der Waals surface area contributed by atoms with Gasteiger partial charge in [0.1, 0.15) is 18.1 Å². The summed E-state index contributed by atoms with van der Waals surface area (Å²) in [4.78, 5) is 11.0. The molecule has 0 aliphatic rings. The van der Waals surface area contributed by atoms with Crippen LogP contribution in [0.1, 0.15) is 15.9 Å². The van der Waals surface area contributed by atoms with E-state index in [1.165, 1.54) is 12.1 Å². The Morgan fingerprint density at radius 3 is 2.52 bits per heavy atom. The first-order valence-electron chi connectivity index (χ1n) is 5.99. The van der Waals surface area contributed by atoms with Crippen molar-refractivity contribution in [3.05, 3.63) is 56.5 Å². The average molecular weight is 416 g/mol. The monoisotopic (exact) mass is 414 g/mol. The molecule has 2 rings (SSSR count). The van der Waals surface area contributed by atoms with Crippen LogP contribution in [0.4, 0.5) is 0 Å². The van der Waals surface area contributed by atoms with Gasteiger partial charge >= 0.3 is 5.97 Å². The predicted molar refractivity (Wildman–Crippen MR) is 86.1 cm³/mol. The SMILES string of the molecule is COc1ccc(Br)c(COc2cc(C(=O)O)ccc2Br)c1. The van der Waals surface area contributed by atoms with Crippen LogP contribution in [-0.2, 0) is 6.61 Å². The van der Waals surface area contributed by atoms with Gasteiger partial charge in [-0.3, -0.25) is 0 Å². The van der Waals surface area contributed by atoms with Crippen molar-refractivity contribution >= 4 is 37.8 Å². The number of hydrogen-bond acceptors (Lipinski definition) is 3. The van der Waals surface area contributed by atoms with E-state index in [9.17, 15) is 4.79 Å². The van der Waals surface area contributed by atoms with Crippen molar-refractivity contribution in [2.75, 3.05) is 7.11 Å². The Morgan fingerprint density at radius 1 is 1.14 bits per heavy atom. The number of methoxy groups -OCH3 is 1. The molecule has 0 spiro atoms. The summed E-state index contributed by atoms with van der Waals surface area (Å²) < 4.78 is 12.5. The molecule has 0 aliphatic heterocycles. The number of hydrogen-bond donors (Lipinski definition) is 1. The zero-order valence-electron chi connectivity index (χ0n) is 11.1. The van der Waals surface area contributed by atoms with Gasteiger partial charge in [0.25, 0.3) is 0 Å². The Labute approximate surface area is 139 Å². The molecular weight excluding hydrogens is 404 g/mol. The van der Waals surface area contributed by atoms with E-state index in [1.54, 1.807) is 13.2 Å². The molecule has 0 unspecified atom stereocenters. The van der Waals surface area contributed by atoms with Crippen molar-refractivity contribution < 1.29 is 19.4 Å². The molecule has 0 fully saturated rings. The minimum atomic E-state index is -0.991. The van der Waals surface area contributed by atoms with E-state index in [-0.39, 0.29) is 5.56 Å².